The number of nitrogens with zero attached hydrogens (tertiary/aromatic N) is 3. The third kappa shape index (κ3) is 3.00. The van der Waals surface area contributed by atoms with Gasteiger partial charge in [-0.3, -0.25) is 4.79 Å². The van der Waals surface area contributed by atoms with E-state index in [1.807, 2.05) is 13.8 Å². The number of hydrogen-bond acceptors (Lipinski definition) is 5. The Hall–Kier alpha value is -1.48. The molecule has 6 heteroatoms. The van der Waals surface area contributed by atoms with Crippen molar-refractivity contribution in [2.45, 2.75) is 26.7 Å². The van der Waals surface area contributed by atoms with Crippen molar-refractivity contribution in [2.24, 2.45) is 5.92 Å². The predicted octanol–water partition coefficient (Wildman–Crippen LogP) is 1.55. The fourth-order valence-electron chi connectivity index (χ4n) is 1.10. The van der Waals surface area contributed by atoms with Gasteiger partial charge in [-0.1, -0.05) is 18.3 Å². The van der Waals surface area contributed by atoms with Crippen molar-refractivity contribution in [1.82, 2.24) is 14.9 Å². The molecule has 0 aromatic carbocycles. The topological polar surface area (TPSA) is 78.7 Å². The summed E-state index contributed by atoms with van der Waals surface area (Å²) in [5.41, 5.74) is 0.715. The number of nitriles is 1. The average molecular weight is 238 g/mol. The van der Waals surface area contributed by atoms with Crippen LogP contribution in [-0.4, -0.2) is 22.0 Å². The predicted molar refractivity (Wildman–Crippen MR) is 61.1 cm³/mol. The highest BCUT2D eigenvalue weighted by Gasteiger charge is 2.18. The van der Waals surface area contributed by atoms with Crippen LogP contribution in [0.4, 0.5) is 0 Å². The van der Waals surface area contributed by atoms with Crippen molar-refractivity contribution in [3.63, 3.8) is 0 Å². The smallest absolute Gasteiger partial charge is 0.265 e. The number of amides is 1. The number of rotatable bonds is 4. The van der Waals surface area contributed by atoms with Crippen LogP contribution in [0.15, 0.2) is 0 Å². The molecule has 0 aliphatic heterocycles. The minimum atomic E-state index is -0.194. The summed E-state index contributed by atoms with van der Waals surface area (Å²) in [7, 11) is 0. The van der Waals surface area contributed by atoms with Crippen molar-refractivity contribution in [2.75, 3.05) is 6.54 Å². The first kappa shape index (κ1) is 12.6. The van der Waals surface area contributed by atoms with E-state index in [0.717, 1.165) is 11.5 Å². The van der Waals surface area contributed by atoms with Crippen molar-refractivity contribution in [1.29, 1.82) is 5.26 Å². The van der Waals surface area contributed by atoms with Crippen LogP contribution in [0, 0.1) is 17.2 Å². The summed E-state index contributed by atoms with van der Waals surface area (Å²) in [6, 6.07) is 2.06. The van der Waals surface area contributed by atoms with Crippen LogP contribution < -0.4 is 5.32 Å². The van der Waals surface area contributed by atoms with Crippen LogP contribution in [0.3, 0.4) is 0 Å². The first-order valence-electron chi connectivity index (χ1n) is 5.06. The maximum atomic E-state index is 11.8. The number of hydrogen-bond donors (Lipinski definition) is 1. The van der Waals surface area contributed by atoms with Crippen LogP contribution in [0.25, 0.3) is 0 Å². The maximum Gasteiger partial charge on any atom is 0.265 e. The highest BCUT2D eigenvalue weighted by atomic mass is 32.1. The molecule has 0 bridgehead atoms. The Kier molecular flexibility index (Phi) is 4.38. The molecule has 1 aromatic heterocycles. The zero-order valence-corrected chi connectivity index (χ0v) is 10.3. The normalized spacial score (nSPS) is 12.2. The largest absolute Gasteiger partial charge is 0.350 e. The van der Waals surface area contributed by atoms with E-state index in [2.05, 4.69) is 21.0 Å². The first-order chi connectivity index (χ1) is 7.56. The third-order valence-corrected chi connectivity index (χ3v) is 2.80. The quantitative estimate of drug-likeness (QED) is 0.863. The van der Waals surface area contributed by atoms with Gasteiger partial charge in [-0.2, -0.15) is 5.26 Å². The second kappa shape index (κ2) is 5.56. The zero-order valence-electron chi connectivity index (χ0n) is 9.52. The molecule has 1 N–H and O–H groups in total. The Bertz CT molecular complexity index is 407. The summed E-state index contributed by atoms with van der Waals surface area (Å²) in [5, 5.41) is 15.2. The van der Waals surface area contributed by atoms with Crippen LogP contribution >= 0.6 is 11.5 Å². The van der Waals surface area contributed by atoms with Crippen LogP contribution in [0.2, 0.25) is 0 Å². The average Bonchev–Trinajstić information content (AvgIpc) is 2.74. The molecule has 0 fully saturated rings. The molecule has 0 spiro atoms. The van der Waals surface area contributed by atoms with Crippen LogP contribution in [0.5, 0.6) is 0 Å². The minimum Gasteiger partial charge on any atom is -0.350 e. The van der Waals surface area contributed by atoms with Crippen molar-refractivity contribution >= 4 is 17.4 Å². The molecule has 0 aliphatic carbocycles. The molecule has 1 unspecified atom stereocenters. The summed E-state index contributed by atoms with van der Waals surface area (Å²) in [6.45, 7) is 6.04. The van der Waals surface area contributed by atoms with E-state index >= 15 is 0 Å². The Labute approximate surface area is 98.6 Å². The Morgan fingerprint density at radius 2 is 2.25 bits per heavy atom. The lowest BCUT2D eigenvalue weighted by Crippen LogP contribution is -2.28. The van der Waals surface area contributed by atoms with Crippen molar-refractivity contribution in [3.8, 4) is 6.07 Å². The van der Waals surface area contributed by atoms with Crippen molar-refractivity contribution in [3.05, 3.63) is 10.6 Å². The van der Waals surface area contributed by atoms with Crippen molar-refractivity contribution < 1.29 is 4.79 Å². The van der Waals surface area contributed by atoms with E-state index in [1.165, 1.54) is 0 Å². The molecular weight excluding hydrogens is 224 g/mol. The fourth-order valence-corrected chi connectivity index (χ4v) is 1.84. The zero-order chi connectivity index (χ0) is 12.1. The van der Waals surface area contributed by atoms with E-state index in [0.29, 0.717) is 17.1 Å². The minimum absolute atomic E-state index is 0.174. The van der Waals surface area contributed by atoms with Crippen LogP contribution in [-0.2, 0) is 0 Å². The monoisotopic (exact) mass is 238 g/mol. The standard InChI is InChI=1S/C10H14N4OS/c1-6(2)8-9(16-14-13-8)10(15)12-5-7(3)4-11/h6-7H,5H2,1-3H3,(H,12,15). The van der Waals surface area contributed by atoms with Gasteiger partial charge in [0.1, 0.15) is 4.88 Å². The van der Waals surface area contributed by atoms with E-state index in [4.69, 9.17) is 5.26 Å². The van der Waals surface area contributed by atoms with E-state index < -0.39 is 0 Å². The number of aromatic nitrogens is 2. The molecule has 1 amide bonds. The molecule has 0 radical (unpaired) electrons. The molecule has 0 saturated carbocycles. The molecule has 0 saturated heterocycles. The van der Waals surface area contributed by atoms with Gasteiger partial charge in [-0.15, -0.1) is 5.10 Å². The van der Waals surface area contributed by atoms with Gasteiger partial charge in [0.05, 0.1) is 17.7 Å². The van der Waals surface area contributed by atoms with Gasteiger partial charge < -0.3 is 5.32 Å². The molecular formula is C10H14N4OS. The van der Waals surface area contributed by atoms with Gasteiger partial charge in [0.2, 0.25) is 0 Å². The summed E-state index contributed by atoms with van der Waals surface area (Å²) >= 11 is 1.09. The molecule has 16 heavy (non-hydrogen) atoms. The van der Waals surface area contributed by atoms with Gasteiger partial charge in [0.25, 0.3) is 5.91 Å². The summed E-state index contributed by atoms with van der Waals surface area (Å²) in [6.07, 6.45) is 0. The highest BCUT2D eigenvalue weighted by Crippen LogP contribution is 2.19. The first-order valence-corrected chi connectivity index (χ1v) is 5.83. The Balaban J connectivity index is 2.67. The molecule has 1 rings (SSSR count). The van der Waals surface area contributed by atoms with Gasteiger partial charge >= 0.3 is 0 Å². The van der Waals surface area contributed by atoms with Gasteiger partial charge in [-0.25, -0.2) is 0 Å². The number of carbonyl (C=O) groups excluding carboxylic acids is 1. The molecule has 1 aromatic rings. The van der Waals surface area contributed by atoms with Gasteiger partial charge in [-0.05, 0) is 24.4 Å². The second-order valence-electron chi connectivity index (χ2n) is 3.88. The maximum absolute atomic E-state index is 11.8. The van der Waals surface area contributed by atoms with E-state index in [-0.39, 0.29) is 17.7 Å². The highest BCUT2D eigenvalue weighted by molar-refractivity contribution is 7.08. The number of carbonyl (C=O) groups is 1. The Morgan fingerprint density at radius 1 is 1.56 bits per heavy atom. The number of nitrogens with one attached hydrogen (secondary N) is 1. The summed E-state index contributed by atoms with van der Waals surface area (Å²) < 4.78 is 3.78. The van der Waals surface area contributed by atoms with Gasteiger partial charge in [0, 0.05) is 6.54 Å². The molecule has 0 aliphatic rings. The third-order valence-electron chi connectivity index (χ3n) is 2.06. The fraction of sp³-hybridized carbons (Fsp3) is 0.600. The molecule has 1 atom stereocenters. The lowest BCUT2D eigenvalue weighted by molar-refractivity contribution is 0.0953. The second-order valence-corrected chi connectivity index (χ2v) is 4.64. The van der Waals surface area contributed by atoms with Gasteiger partial charge in [0.15, 0.2) is 0 Å². The van der Waals surface area contributed by atoms with E-state index in [9.17, 15) is 4.79 Å². The lowest BCUT2D eigenvalue weighted by atomic mass is 10.1. The lowest BCUT2D eigenvalue weighted by Gasteiger charge is -2.06. The van der Waals surface area contributed by atoms with Crippen LogP contribution in [0.1, 0.15) is 42.1 Å². The molecule has 1 heterocycles. The summed E-state index contributed by atoms with van der Waals surface area (Å²) in [5.74, 6) is -0.207. The van der Waals surface area contributed by atoms with E-state index in [1.54, 1.807) is 6.92 Å². The molecule has 86 valence electrons. The SMILES string of the molecule is CC(C#N)CNC(=O)c1snnc1C(C)C. The Morgan fingerprint density at radius 3 is 2.81 bits per heavy atom. The molecule has 5 nitrogen and oxygen atoms in total. The summed E-state index contributed by atoms with van der Waals surface area (Å²) in [4.78, 5) is 12.3.